The molecule has 54 heavy (non-hydrogen) atoms. The Morgan fingerprint density at radius 2 is 1.04 bits per heavy atom. The summed E-state index contributed by atoms with van der Waals surface area (Å²) in [5, 5.41) is 11.9. The van der Waals surface area contributed by atoms with Gasteiger partial charge in [-0.15, -0.1) is 0 Å². The maximum atomic E-state index is 12.2. The van der Waals surface area contributed by atoms with Crippen LogP contribution in [0, 0.1) is 0 Å². The van der Waals surface area contributed by atoms with Gasteiger partial charge in [0, 0.05) is 38.8 Å². The largest absolute Gasteiger partial charge is 0.500 e. The van der Waals surface area contributed by atoms with Gasteiger partial charge >= 0.3 is 8.80 Å². The Bertz CT molecular complexity index is 1180. The van der Waals surface area contributed by atoms with Crippen LogP contribution in [0.3, 0.4) is 0 Å². The van der Waals surface area contributed by atoms with Crippen LogP contribution in [-0.2, 0) is 24.5 Å². The molecule has 306 valence electrons. The predicted molar refractivity (Wildman–Crippen MR) is 227 cm³/mol. The summed E-state index contributed by atoms with van der Waals surface area (Å²) in [7, 11) is -2.47. The lowest BCUT2D eigenvalue weighted by atomic mass is 10.1. The molecular formula is C45H77N3O5Si. The van der Waals surface area contributed by atoms with Crippen molar-refractivity contribution in [2.45, 2.75) is 175 Å². The molecule has 0 saturated carbocycles. The molecule has 2 aromatic carbocycles. The average Bonchev–Trinajstić information content (AvgIpc) is 3.18. The zero-order chi connectivity index (χ0) is 38.8. The van der Waals surface area contributed by atoms with Crippen LogP contribution in [0.25, 0.3) is 0 Å². The van der Waals surface area contributed by atoms with E-state index in [1.165, 1.54) is 102 Å². The van der Waals surface area contributed by atoms with Crippen molar-refractivity contribution in [3.05, 3.63) is 54.1 Å². The van der Waals surface area contributed by atoms with E-state index in [0.717, 1.165) is 74.8 Å². The van der Waals surface area contributed by atoms with Gasteiger partial charge in [-0.1, -0.05) is 115 Å². The number of hydrogen-bond donors (Lipinski definition) is 1. The first-order valence-electron chi connectivity index (χ1n) is 22.0. The smallest absolute Gasteiger partial charge is 0.494 e. The summed E-state index contributed by atoms with van der Waals surface area (Å²) in [6.45, 7) is 11.8. The molecule has 9 heteroatoms. The van der Waals surface area contributed by atoms with Crippen molar-refractivity contribution in [3.63, 3.8) is 0 Å². The lowest BCUT2D eigenvalue weighted by Gasteiger charge is -2.28. The highest BCUT2D eigenvalue weighted by Crippen LogP contribution is 2.23. The third-order valence-electron chi connectivity index (χ3n) is 9.76. The van der Waals surface area contributed by atoms with E-state index in [2.05, 4.69) is 34.6 Å². The van der Waals surface area contributed by atoms with E-state index in [4.69, 9.17) is 18.0 Å². The number of hydrogen-bond acceptors (Lipinski definition) is 7. The number of nitrogens with one attached hydrogen (secondary N) is 1. The number of carbonyl (C=O) groups is 1. The fraction of sp³-hybridized carbons (Fsp3) is 0.711. The Balaban J connectivity index is 1.34. The third-order valence-corrected chi connectivity index (χ3v) is 12.9. The van der Waals surface area contributed by atoms with Crippen molar-refractivity contribution in [2.75, 3.05) is 33.0 Å². The van der Waals surface area contributed by atoms with E-state index < -0.39 is 8.80 Å². The van der Waals surface area contributed by atoms with Gasteiger partial charge in [-0.2, -0.15) is 10.2 Å². The second-order valence-electron chi connectivity index (χ2n) is 14.5. The fourth-order valence-corrected chi connectivity index (χ4v) is 9.38. The Morgan fingerprint density at radius 3 is 1.57 bits per heavy atom. The summed E-state index contributed by atoms with van der Waals surface area (Å²) in [5.41, 5.74) is 3.07. The summed E-state index contributed by atoms with van der Waals surface area (Å²) in [5.74, 6) is 1.10. The Morgan fingerprint density at radius 1 is 0.556 bits per heavy atom. The number of azo groups is 1. The van der Waals surface area contributed by atoms with Crippen LogP contribution in [0.2, 0.25) is 6.04 Å². The Kier molecular flexibility index (Phi) is 28.7. The standard InChI is InChI=1S/C45H77N3O5Si/c1-5-9-23-28-41-30-32-42(33-31-41)47-48-43-34-36-44(37-35-43)50-39-26-21-17-13-11-15-19-24-29-45(49)46-38-25-20-16-12-10-14-18-22-27-40-54(51-6-2,52-7-3)53-8-4/h30-37H,5-29,38-40H2,1-4H3,(H,46,49). The number of rotatable bonds is 36. The highest BCUT2D eigenvalue weighted by Gasteiger charge is 2.39. The molecule has 0 unspecified atom stereocenters. The molecule has 0 aromatic heterocycles. The number of carbonyl (C=O) groups excluding carboxylic acids is 1. The number of nitrogens with zero attached hydrogens (tertiary/aromatic N) is 2. The Hall–Kier alpha value is -2.59. The van der Waals surface area contributed by atoms with Crippen LogP contribution >= 0.6 is 0 Å². The minimum Gasteiger partial charge on any atom is -0.494 e. The van der Waals surface area contributed by atoms with Crippen LogP contribution in [0.5, 0.6) is 5.75 Å². The highest BCUT2D eigenvalue weighted by atomic mass is 28.4. The maximum Gasteiger partial charge on any atom is 0.500 e. The van der Waals surface area contributed by atoms with E-state index in [-0.39, 0.29) is 5.91 Å². The molecule has 0 bridgehead atoms. The van der Waals surface area contributed by atoms with Crippen LogP contribution in [0.4, 0.5) is 11.4 Å². The van der Waals surface area contributed by atoms with E-state index in [9.17, 15) is 4.79 Å². The second kappa shape index (κ2) is 32.6. The van der Waals surface area contributed by atoms with Gasteiger partial charge in [-0.3, -0.25) is 4.79 Å². The molecule has 1 N–H and O–H groups in total. The van der Waals surface area contributed by atoms with E-state index in [0.29, 0.717) is 26.2 Å². The van der Waals surface area contributed by atoms with Gasteiger partial charge in [-0.05, 0) is 101 Å². The Labute approximate surface area is 331 Å². The number of amides is 1. The van der Waals surface area contributed by atoms with E-state index in [1.54, 1.807) is 0 Å². The minimum atomic E-state index is -2.47. The molecule has 0 radical (unpaired) electrons. The van der Waals surface area contributed by atoms with Gasteiger partial charge in [0.05, 0.1) is 18.0 Å². The molecule has 0 saturated heterocycles. The normalized spacial score (nSPS) is 11.8. The van der Waals surface area contributed by atoms with Crippen molar-refractivity contribution in [1.82, 2.24) is 5.32 Å². The van der Waals surface area contributed by atoms with Crippen LogP contribution in [0.1, 0.15) is 168 Å². The molecule has 0 atom stereocenters. The quantitative estimate of drug-likeness (QED) is 0.0423. The zero-order valence-corrected chi connectivity index (χ0v) is 35.9. The van der Waals surface area contributed by atoms with E-state index in [1.807, 2.05) is 57.2 Å². The van der Waals surface area contributed by atoms with Gasteiger partial charge in [0.1, 0.15) is 5.75 Å². The first kappa shape index (κ1) is 47.6. The van der Waals surface area contributed by atoms with Crippen molar-refractivity contribution in [2.24, 2.45) is 10.2 Å². The molecule has 2 rings (SSSR count). The van der Waals surface area contributed by atoms with Gasteiger partial charge in [0.25, 0.3) is 0 Å². The zero-order valence-electron chi connectivity index (χ0n) is 34.9. The summed E-state index contributed by atoms with van der Waals surface area (Å²) in [6.07, 6.45) is 25.9. The molecule has 8 nitrogen and oxygen atoms in total. The van der Waals surface area contributed by atoms with Crippen molar-refractivity contribution >= 4 is 26.1 Å². The van der Waals surface area contributed by atoms with Crippen molar-refractivity contribution in [3.8, 4) is 5.75 Å². The number of unbranched alkanes of at least 4 members (excludes halogenated alkanes) is 17. The molecule has 2 aromatic rings. The van der Waals surface area contributed by atoms with Crippen LogP contribution in [-0.4, -0.2) is 47.7 Å². The lowest BCUT2D eigenvalue weighted by molar-refractivity contribution is -0.121. The average molecular weight is 768 g/mol. The summed E-state index contributed by atoms with van der Waals surface area (Å²) >= 11 is 0. The van der Waals surface area contributed by atoms with Crippen molar-refractivity contribution < 1.29 is 22.8 Å². The summed E-state index contributed by atoms with van der Waals surface area (Å²) < 4.78 is 23.8. The fourth-order valence-electron chi connectivity index (χ4n) is 6.69. The molecule has 0 aliphatic rings. The van der Waals surface area contributed by atoms with Gasteiger partial charge in [0.15, 0.2) is 0 Å². The monoisotopic (exact) mass is 768 g/mol. The lowest BCUT2D eigenvalue weighted by Crippen LogP contribution is -2.45. The third kappa shape index (κ3) is 24.0. The minimum absolute atomic E-state index is 0.220. The molecule has 0 aliphatic carbocycles. The topological polar surface area (TPSA) is 90.7 Å². The molecular weight excluding hydrogens is 691 g/mol. The molecule has 0 heterocycles. The highest BCUT2D eigenvalue weighted by molar-refractivity contribution is 6.60. The van der Waals surface area contributed by atoms with Gasteiger partial charge in [-0.25, -0.2) is 0 Å². The van der Waals surface area contributed by atoms with E-state index >= 15 is 0 Å². The first-order chi connectivity index (χ1) is 26.5. The van der Waals surface area contributed by atoms with Crippen LogP contribution < -0.4 is 10.1 Å². The summed E-state index contributed by atoms with van der Waals surface area (Å²) in [6, 6.07) is 17.2. The van der Waals surface area contributed by atoms with Crippen LogP contribution in [0.15, 0.2) is 58.8 Å². The number of ether oxygens (including phenoxy) is 1. The molecule has 0 spiro atoms. The predicted octanol–water partition coefficient (Wildman–Crippen LogP) is 13.4. The molecule has 0 aliphatic heterocycles. The number of benzene rings is 2. The molecule has 0 fully saturated rings. The van der Waals surface area contributed by atoms with Gasteiger partial charge < -0.3 is 23.3 Å². The van der Waals surface area contributed by atoms with Gasteiger partial charge in [0.2, 0.25) is 5.91 Å². The van der Waals surface area contributed by atoms with Crippen molar-refractivity contribution in [1.29, 1.82) is 0 Å². The maximum absolute atomic E-state index is 12.2. The first-order valence-corrected chi connectivity index (χ1v) is 23.9. The molecule has 1 amide bonds. The summed E-state index contributed by atoms with van der Waals surface area (Å²) in [4.78, 5) is 12.2. The second-order valence-corrected chi connectivity index (χ2v) is 17.2. The SMILES string of the molecule is CCCCCc1ccc(N=Nc2ccc(OCCCCCCCCCCC(=O)NCCCCCCCCCCC[Si](OCC)(OCC)OCC)cc2)cc1. The number of aryl methyl sites for hydroxylation is 1.